The summed E-state index contributed by atoms with van der Waals surface area (Å²) in [5, 5.41) is 0. The second kappa shape index (κ2) is 5.50. The molecule has 0 aliphatic heterocycles. The van der Waals surface area contributed by atoms with Gasteiger partial charge in [-0.15, -0.1) is 0 Å². The molecule has 0 saturated heterocycles. The van der Waals surface area contributed by atoms with E-state index in [0.717, 1.165) is 5.92 Å². The van der Waals surface area contributed by atoms with Crippen molar-refractivity contribution in [3.05, 3.63) is 0 Å². The fourth-order valence-electron chi connectivity index (χ4n) is 2.05. The van der Waals surface area contributed by atoms with Gasteiger partial charge in [-0.2, -0.15) is 0 Å². The quantitative estimate of drug-likeness (QED) is 0.652. The fourth-order valence-corrected chi connectivity index (χ4v) is 16.8. The summed E-state index contributed by atoms with van der Waals surface area (Å²) in [6, 6.07) is 0. The first-order chi connectivity index (χ1) is 5.10. The van der Waals surface area contributed by atoms with E-state index in [2.05, 4.69) is 34.6 Å². The van der Waals surface area contributed by atoms with Gasteiger partial charge in [0.15, 0.2) is 0 Å². The zero-order valence-electron chi connectivity index (χ0n) is 8.91. The van der Waals surface area contributed by atoms with Gasteiger partial charge in [-0.05, 0) is 0 Å². The molecule has 0 heterocycles. The predicted molar refractivity (Wildman–Crippen MR) is 51.1 cm³/mol. The first-order valence-electron chi connectivity index (χ1n) is 5.10. The molecule has 0 aromatic carbocycles. The second-order valence-electron chi connectivity index (χ2n) is 4.16. The third kappa shape index (κ3) is 3.87. The van der Waals surface area contributed by atoms with Crippen LogP contribution in [0.2, 0.25) is 16.7 Å². The van der Waals surface area contributed by atoms with Crippen LogP contribution in [0.3, 0.4) is 0 Å². The van der Waals surface area contributed by atoms with Crippen LogP contribution in [-0.2, 0) is 20.0 Å². The fraction of sp³-hybridized carbons (Fsp3) is 1.00. The first kappa shape index (κ1) is 11.9. The molecule has 0 aromatic rings. The van der Waals surface area contributed by atoms with E-state index < -0.39 is 20.0 Å². The van der Waals surface area contributed by atoms with Crippen LogP contribution in [0.5, 0.6) is 0 Å². The van der Waals surface area contributed by atoms with Gasteiger partial charge in [-0.1, -0.05) is 0 Å². The molecule has 0 fully saturated rings. The molecule has 0 atom stereocenters. The molecular formula is C10H24Hf. The third-order valence-electron chi connectivity index (χ3n) is 3.09. The van der Waals surface area contributed by atoms with Gasteiger partial charge in [0.25, 0.3) is 0 Å². The molecule has 0 aliphatic rings. The molecule has 0 saturated carbocycles. The topological polar surface area (TPSA) is 0 Å². The van der Waals surface area contributed by atoms with E-state index in [0.29, 0.717) is 0 Å². The van der Waals surface area contributed by atoms with Crippen molar-refractivity contribution in [2.24, 2.45) is 5.92 Å². The van der Waals surface area contributed by atoms with E-state index in [1.165, 1.54) is 0 Å². The predicted octanol–water partition coefficient (Wildman–Crippen LogP) is 4.53. The summed E-state index contributed by atoms with van der Waals surface area (Å²) in [6.07, 6.45) is 0. The van der Waals surface area contributed by atoms with Gasteiger partial charge in [-0.25, -0.2) is 0 Å². The molecule has 1 heteroatoms. The molecule has 0 radical (unpaired) electrons. The van der Waals surface area contributed by atoms with E-state index in [1.54, 1.807) is 16.7 Å². The first-order valence-corrected chi connectivity index (χ1v) is 15.3. The molecule has 0 bridgehead atoms. The maximum atomic E-state index is 2.43. The van der Waals surface area contributed by atoms with Crippen LogP contribution in [0.15, 0.2) is 0 Å². The Morgan fingerprint density at radius 1 is 0.909 bits per heavy atom. The summed E-state index contributed by atoms with van der Waals surface area (Å²) in [5.74, 6) is 0.955. The summed E-state index contributed by atoms with van der Waals surface area (Å²) in [4.78, 5) is 0. The van der Waals surface area contributed by atoms with Crippen LogP contribution in [0.25, 0.3) is 0 Å². The van der Waals surface area contributed by atoms with Crippen LogP contribution in [-0.4, -0.2) is 0 Å². The van der Waals surface area contributed by atoms with E-state index in [-0.39, 0.29) is 0 Å². The molecule has 0 rings (SSSR count). The Labute approximate surface area is 77.1 Å². The summed E-state index contributed by atoms with van der Waals surface area (Å²) in [5.41, 5.74) is 0. The standard InChI is InChI=1S/C4H9.3C2H5.Hf/c1-4(2)3;3*1-2;/h4H,1H2,2-3H3;3*1H2,2H3;. The van der Waals surface area contributed by atoms with Crippen LogP contribution < -0.4 is 0 Å². The Balaban J connectivity index is 4.05. The third-order valence-corrected chi connectivity index (χ3v) is 25.3. The van der Waals surface area contributed by atoms with Crippen LogP contribution in [0, 0.1) is 5.92 Å². The molecule has 0 spiro atoms. The molecule has 0 unspecified atom stereocenters. The SMILES string of the molecule is C[CH2][Hf]([CH2]C)([CH2]C)[CH2]C(C)C. The Kier molecular flexibility index (Phi) is 5.94. The Morgan fingerprint density at radius 2 is 1.27 bits per heavy atom. The van der Waals surface area contributed by atoms with Crippen molar-refractivity contribution in [2.75, 3.05) is 0 Å². The van der Waals surface area contributed by atoms with E-state index in [1.807, 2.05) is 0 Å². The van der Waals surface area contributed by atoms with Crippen molar-refractivity contribution in [3.8, 4) is 0 Å². The summed E-state index contributed by atoms with van der Waals surface area (Å²) in [7, 11) is 0. The molecule has 0 amide bonds. The van der Waals surface area contributed by atoms with Gasteiger partial charge >= 0.3 is 77.2 Å². The summed E-state index contributed by atoms with van der Waals surface area (Å²) < 4.78 is 6.32. The maximum absolute atomic E-state index is 2.43. The van der Waals surface area contributed by atoms with E-state index in [9.17, 15) is 0 Å². The van der Waals surface area contributed by atoms with E-state index >= 15 is 0 Å². The average Bonchev–Trinajstić information content (AvgIpc) is 2.00. The number of hydrogen-bond donors (Lipinski definition) is 0. The van der Waals surface area contributed by atoms with Crippen molar-refractivity contribution >= 4 is 0 Å². The molecule has 68 valence electrons. The van der Waals surface area contributed by atoms with Crippen molar-refractivity contribution in [1.82, 2.24) is 0 Å². The minimum atomic E-state index is -1.64. The van der Waals surface area contributed by atoms with Crippen LogP contribution in [0.1, 0.15) is 34.6 Å². The van der Waals surface area contributed by atoms with Crippen molar-refractivity contribution in [3.63, 3.8) is 0 Å². The van der Waals surface area contributed by atoms with Crippen molar-refractivity contribution in [1.29, 1.82) is 0 Å². The van der Waals surface area contributed by atoms with Gasteiger partial charge in [0.1, 0.15) is 0 Å². The van der Waals surface area contributed by atoms with Gasteiger partial charge < -0.3 is 0 Å². The zero-order valence-corrected chi connectivity index (χ0v) is 12.5. The number of rotatable bonds is 5. The molecule has 0 aliphatic carbocycles. The molecule has 0 aromatic heterocycles. The monoisotopic (exact) mass is 324 g/mol. The van der Waals surface area contributed by atoms with Crippen molar-refractivity contribution in [2.45, 2.75) is 51.3 Å². The Hall–Kier alpha value is 0.870. The average molecular weight is 323 g/mol. The Morgan fingerprint density at radius 3 is 1.36 bits per heavy atom. The van der Waals surface area contributed by atoms with E-state index in [4.69, 9.17) is 0 Å². The molecule has 0 nitrogen and oxygen atoms in total. The minimum absolute atomic E-state index is 0.955. The van der Waals surface area contributed by atoms with Gasteiger partial charge in [0, 0.05) is 0 Å². The normalized spacial score (nSPS) is 12.5. The van der Waals surface area contributed by atoms with Gasteiger partial charge in [-0.3, -0.25) is 0 Å². The van der Waals surface area contributed by atoms with Gasteiger partial charge in [0.2, 0.25) is 0 Å². The molecule has 11 heavy (non-hydrogen) atoms. The van der Waals surface area contributed by atoms with Crippen LogP contribution in [0.4, 0.5) is 0 Å². The van der Waals surface area contributed by atoms with Crippen LogP contribution >= 0.6 is 0 Å². The second-order valence-corrected chi connectivity index (χ2v) is 24.0. The summed E-state index contributed by atoms with van der Waals surface area (Å²) in [6.45, 7) is 12.1. The Bertz CT molecular complexity index is 84.8. The zero-order chi connectivity index (χ0) is 8.91. The molecule has 0 N–H and O–H groups in total. The molecular weight excluding hydrogens is 299 g/mol. The summed E-state index contributed by atoms with van der Waals surface area (Å²) >= 11 is -1.64. The van der Waals surface area contributed by atoms with Gasteiger partial charge in [0.05, 0.1) is 0 Å². The van der Waals surface area contributed by atoms with Crippen molar-refractivity contribution < 1.29 is 20.0 Å². The number of hydrogen-bond acceptors (Lipinski definition) is 0.